The minimum absolute atomic E-state index is 0.267. The SMILES string of the molecule is O=C(Nc1nc2ccc3cc(F)ccc3c2s1)c1cn(C(c2ccccc2)(c2ccccc2)c2ccccc2)cn1. The van der Waals surface area contributed by atoms with Crippen LogP contribution in [-0.2, 0) is 5.54 Å². The molecule has 0 fully saturated rings. The van der Waals surface area contributed by atoms with Crippen molar-refractivity contribution in [3.8, 4) is 0 Å². The molecule has 7 aromatic rings. The molecule has 0 radical (unpaired) electrons. The first kappa shape index (κ1) is 24.9. The first-order valence-electron chi connectivity index (χ1n) is 13.1. The number of amides is 1. The van der Waals surface area contributed by atoms with Crippen LogP contribution in [0.3, 0.4) is 0 Å². The monoisotopic (exact) mass is 554 g/mol. The van der Waals surface area contributed by atoms with Crippen LogP contribution in [0.5, 0.6) is 0 Å². The summed E-state index contributed by atoms with van der Waals surface area (Å²) in [6.45, 7) is 0. The third-order valence-electron chi connectivity index (χ3n) is 7.33. The van der Waals surface area contributed by atoms with Gasteiger partial charge in [-0.15, -0.1) is 0 Å². The average molecular weight is 555 g/mol. The summed E-state index contributed by atoms with van der Waals surface area (Å²) in [6, 6.07) is 39.0. The van der Waals surface area contributed by atoms with Gasteiger partial charge in [0.1, 0.15) is 17.1 Å². The summed E-state index contributed by atoms with van der Waals surface area (Å²) in [4.78, 5) is 22.6. The highest BCUT2D eigenvalue weighted by Crippen LogP contribution is 2.41. The van der Waals surface area contributed by atoms with E-state index in [9.17, 15) is 9.18 Å². The summed E-state index contributed by atoms with van der Waals surface area (Å²) in [5, 5.41) is 5.06. The van der Waals surface area contributed by atoms with Crippen molar-refractivity contribution in [1.29, 1.82) is 0 Å². The van der Waals surface area contributed by atoms with Gasteiger partial charge in [-0.05, 0) is 46.3 Å². The Labute approximate surface area is 239 Å². The van der Waals surface area contributed by atoms with Gasteiger partial charge in [0.05, 0.1) is 16.5 Å². The van der Waals surface area contributed by atoms with Crippen LogP contribution in [0.1, 0.15) is 27.2 Å². The Kier molecular flexibility index (Phi) is 6.14. The van der Waals surface area contributed by atoms with Gasteiger partial charge in [0.15, 0.2) is 5.13 Å². The van der Waals surface area contributed by atoms with E-state index >= 15 is 0 Å². The van der Waals surface area contributed by atoms with Crippen LogP contribution >= 0.6 is 11.3 Å². The lowest BCUT2D eigenvalue weighted by Crippen LogP contribution is -2.37. The number of hydrogen-bond acceptors (Lipinski definition) is 4. The lowest BCUT2D eigenvalue weighted by molar-refractivity contribution is 0.102. The fraction of sp³-hybridized carbons (Fsp3) is 0.0294. The van der Waals surface area contributed by atoms with Crippen molar-refractivity contribution in [1.82, 2.24) is 14.5 Å². The summed E-state index contributed by atoms with van der Waals surface area (Å²) in [7, 11) is 0. The predicted molar refractivity (Wildman–Crippen MR) is 162 cm³/mol. The van der Waals surface area contributed by atoms with Crippen LogP contribution < -0.4 is 5.32 Å². The van der Waals surface area contributed by atoms with Gasteiger partial charge < -0.3 is 4.57 Å². The molecule has 1 amide bonds. The molecule has 198 valence electrons. The maximum absolute atomic E-state index is 13.7. The number of imidazole rings is 1. The highest BCUT2D eigenvalue weighted by atomic mass is 32.1. The van der Waals surface area contributed by atoms with E-state index in [0.29, 0.717) is 5.13 Å². The second-order valence-corrected chi connectivity index (χ2v) is 10.7. The number of nitrogens with one attached hydrogen (secondary N) is 1. The van der Waals surface area contributed by atoms with Crippen LogP contribution in [0.25, 0.3) is 21.0 Å². The molecular weight excluding hydrogens is 531 g/mol. The second kappa shape index (κ2) is 10.1. The van der Waals surface area contributed by atoms with Gasteiger partial charge in [0.2, 0.25) is 0 Å². The predicted octanol–water partition coefficient (Wildman–Crippen LogP) is 7.88. The molecule has 0 aliphatic rings. The zero-order valence-electron chi connectivity index (χ0n) is 21.7. The summed E-state index contributed by atoms with van der Waals surface area (Å²) < 4.78 is 16.6. The number of benzene rings is 5. The van der Waals surface area contributed by atoms with Crippen LogP contribution in [-0.4, -0.2) is 20.4 Å². The molecule has 1 N–H and O–H groups in total. The number of rotatable bonds is 6. The third-order valence-corrected chi connectivity index (χ3v) is 8.35. The summed E-state index contributed by atoms with van der Waals surface area (Å²) in [5.74, 6) is -0.649. The molecule has 2 aromatic heterocycles. The Bertz CT molecular complexity index is 1910. The number of aromatic nitrogens is 3. The Balaban J connectivity index is 1.31. The maximum atomic E-state index is 13.7. The fourth-order valence-electron chi connectivity index (χ4n) is 5.51. The molecule has 5 nitrogen and oxygen atoms in total. The third kappa shape index (κ3) is 4.27. The van der Waals surface area contributed by atoms with E-state index in [1.165, 1.54) is 23.5 Å². The molecule has 0 bridgehead atoms. The van der Waals surface area contributed by atoms with Crippen LogP contribution in [0, 0.1) is 5.82 Å². The molecular formula is C34H23FN4OS. The molecule has 0 unspecified atom stereocenters. The van der Waals surface area contributed by atoms with Gasteiger partial charge >= 0.3 is 0 Å². The van der Waals surface area contributed by atoms with Gasteiger partial charge in [-0.1, -0.05) is 108 Å². The molecule has 0 saturated heterocycles. The molecule has 41 heavy (non-hydrogen) atoms. The average Bonchev–Trinajstić information content (AvgIpc) is 3.67. The number of hydrogen-bond donors (Lipinski definition) is 1. The molecule has 5 aromatic carbocycles. The topological polar surface area (TPSA) is 59.8 Å². The van der Waals surface area contributed by atoms with Crippen molar-refractivity contribution in [2.75, 3.05) is 5.32 Å². The molecule has 7 heteroatoms. The van der Waals surface area contributed by atoms with Gasteiger partial charge in [-0.25, -0.2) is 14.4 Å². The molecule has 2 heterocycles. The molecule has 0 aliphatic heterocycles. The minimum Gasteiger partial charge on any atom is -0.318 e. The Morgan fingerprint density at radius 2 is 1.39 bits per heavy atom. The van der Waals surface area contributed by atoms with E-state index in [0.717, 1.165) is 37.7 Å². The highest BCUT2D eigenvalue weighted by Gasteiger charge is 2.38. The van der Waals surface area contributed by atoms with E-state index in [4.69, 9.17) is 0 Å². The van der Waals surface area contributed by atoms with Gasteiger partial charge in [0.25, 0.3) is 5.91 Å². The molecule has 7 rings (SSSR count). The standard InChI is InChI=1S/C34H23FN4OS/c35-27-17-18-28-23(20-27)16-19-29-31(28)41-33(37-29)38-32(40)30-21-39(22-36-30)34(24-10-4-1-5-11-24,25-12-6-2-7-13-25)26-14-8-3-9-15-26/h1-22H,(H,37,38,40). The first-order valence-corrected chi connectivity index (χ1v) is 14.0. The van der Waals surface area contributed by atoms with Crippen LogP contribution in [0.15, 0.2) is 134 Å². The maximum Gasteiger partial charge on any atom is 0.277 e. The number of halogens is 1. The zero-order valence-corrected chi connectivity index (χ0v) is 22.6. The summed E-state index contributed by atoms with van der Waals surface area (Å²) in [5.41, 5.74) is 3.36. The zero-order chi connectivity index (χ0) is 27.8. The number of fused-ring (bicyclic) bond motifs is 3. The van der Waals surface area contributed by atoms with Crippen molar-refractivity contribution in [2.45, 2.75) is 5.54 Å². The molecule has 0 atom stereocenters. The smallest absolute Gasteiger partial charge is 0.277 e. The van der Waals surface area contributed by atoms with Crippen molar-refractivity contribution in [3.63, 3.8) is 0 Å². The molecule has 0 spiro atoms. The number of anilines is 1. The summed E-state index contributed by atoms with van der Waals surface area (Å²) in [6.07, 6.45) is 3.50. The summed E-state index contributed by atoms with van der Waals surface area (Å²) >= 11 is 1.36. The van der Waals surface area contributed by atoms with Crippen molar-refractivity contribution < 1.29 is 9.18 Å². The van der Waals surface area contributed by atoms with Crippen LogP contribution in [0.4, 0.5) is 9.52 Å². The minimum atomic E-state index is -0.765. The van der Waals surface area contributed by atoms with Gasteiger partial charge in [0, 0.05) is 11.6 Å². The lowest BCUT2D eigenvalue weighted by atomic mass is 9.77. The molecule has 0 saturated carbocycles. The van der Waals surface area contributed by atoms with Crippen molar-refractivity contribution in [2.24, 2.45) is 0 Å². The Hall–Kier alpha value is -5.14. The van der Waals surface area contributed by atoms with Crippen molar-refractivity contribution >= 4 is 43.4 Å². The lowest BCUT2D eigenvalue weighted by Gasteiger charge is -2.37. The fourth-order valence-corrected chi connectivity index (χ4v) is 6.50. The normalized spacial score (nSPS) is 11.6. The Morgan fingerprint density at radius 1 is 0.780 bits per heavy atom. The second-order valence-electron chi connectivity index (χ2n) is 9.73. The first-order chi connectivity index (χ1) is 20.1. The Morgan fingerprint density at radius 3 is 2.00 bits per heavy atom. The number of carbonyl (C=O) groups is 1. The number of nitrogens with zero attached hydrogens (tertiary/aromatic N) is 3. The van der Waals surface area contributed by atoms with Gasteiger partial charge in [-0.3, -0.25) is 10.1 Å². The van der Waals surface area contributed by atoms with E-state index in [2.05, 4.69) is 51.7 Å². The number of carbonyl (C=O) groups excluding carboxylic acids is 1. The molecule has 0 aliphatic carbocycles. The van der Waals surface area contributed by atoms with Crippen LogP contribution in [0.2, 0.25) is 0 Å². The van der Waals surface area contributed by atoms with E-state index < -0.39 is 5.54 Å². The largest absolute Gasteiger partial charge is 0.318 e. The van der Waals surface area contributed by atoms with Crippen molar-refractivity contribution in [3.05, 3.63) is 162 Å². The van der Waals surface area contributed by atoms with E-state index in [1.807, 2.05) is 71.3 Å². The number of thiazole rings is 1. The van der Waals surface area contributed by atoms with E-state index in [-0.39, 0.29) is 17.4 Å². The van der Waals surface area contributed by atoms with Gasteiger partial charge in [-0.2, -0.15) is 0 Å². The van der Waals surface area contributed by atoms with E-state index in [1.54, 1.807) is 18.6 Å². The highest BCUT2D eigenvalue weighted by molar-refractivity contribution is 7.23. The quantitative estimate of drug-likeness (QED) is 0.213.